The minimum Gasteiger partial charge on any atom is -0.497 e. The van der Waals surface area contributed by atoms with E-state index < -0.39 is 0 Å². The van der Waals surface area contributed by atoms with E-state index in [2.05, 4.69) is 33.5 Å². The molecule has 1 atom stereocenters. The first-order valence-corrected chi connectivity index (χ1v) is 10.2. The van der Waals surface area contributed by atoms with Crippen LogP contribution in [0.25, 0.3) is 0 Å². The van der Waals surface area contributed by atoms with Gasteiger partial charge in [-0.1, -0.05) is 49.4 Å². The first kappa shape index (κ1) is 21.6. The van der Waals surface area contributed by atoms with E-state index >= 15 is 0 Å². The van der Waals surface area contributed by atoms with Crippen LogP contribution >= 0.6 is 0 Å². The van der Waals surface area contributed by atoms with Crippen LogP contribution in [0.1, 0.15) is 40.1 Å². The Morgan fingerprint density at radius 1 is 1.17 bits per heavy atom. The van der Waals surface area contributed by atoms with Gasteiger partial charge in [-0.25, -0.2) is 0 Å². The molecule has 6 nitrogen and oxygen atoms in total. The third-order valence-electron chi connectivity index (χ3n) is 5.26. The van der Waals surface area contributed by atoms with E-state index in [1.54, 1.807) is 13.3 Å². The quantitative estimate of drug-likeness (QED) is 0.591. The number of hydrogen-bond donors (Lipinski definition) is 1. The van der Waals surface area contributed by atoms with Crippen molar-refractivity contribution < 1.29 is 9.53 Å². The second-order valence-corrected chi connectivity index (χ2v) is 7.47. The first-order chi connectivity index (χ1) is 14.5. The van der Waals surface area contributed by atoms with Crippen LogP contribution in [0.15, 0.2) is 60.8 Å². The van der Waals surface area contributed by atoms with E-state index in [1.807, 2.05) is 62.1 Å². The van der Waals surface area contributed by atoms with Gasteiger partial charge in [0.1, 0.15) is 5.75 Å². The summed E-state index contributed by atoms with van der Waals surface area (Å²) >= 11 is 0. The van der Waals surface area contributed by atoms with Crippen LogP contribution < -0.4 is 10.1 Å². The summed E-state index contributed by atoms with van der Waals surface area (Å²) in [5, 5.41) is 7.57. The van der Waals surface area contributed by atoms with E-state index in [1.165, 1.54) is 0 Å². The zero-order valence-corrected chi connectivity index (χ0v) is 18.1. The highest BCUT2D eigenvalue weighted by molar-refractivity contribution is 5.95. The molecule has 0 saturated carbocycles. The monoisotopic (exact) mass is 406 g/mol. The maximum absolute atomic E-state index is 13.0. The molecule has 3 aromatic rings. The molecule has 30 heavy (non-hydrogen) atoms. The van der Waals surface area contributed by atoms with Crippen molar-refractivity contribution in [2.24, 2.45) is 0 Å². The topological polar surface area (TPSA) is 59.4 Å². The molecule has 3 rings (SSSR count). The van der Waals surface area contributed by atoms with Gasteiger partial charge in [-0.15, -0.1) is 0 Å². The molecule has 1 heterocycles. The maximum Gasteiger partial charge on any atom is 0.254 e. The highest BCUT2D eigenvalue weighted by Crippen LogP contribution is 2.22. The van der Waals surface area contributed by atoms with Crippen molar-refractivity contribution in [1.82, 2.24) is 20.0 Å². The summed E-state index contributed by atoms with van der Waals surface area (Å²) in [4.78, 5) is 15.1. The van der Waals surface area contributed by atoms with Crippen molar-refractivity contribution in [1.29, 1.82) is 0 Å². The lowest BCUT2D eigenvalue weighted by Crippen LogP contribution is -2.34. The molecule has 0 radical (unpaired) electrons. The van der Waals surface area contributed by atoms with Crippen LogP contribution in [0, 0.1) is 0 Å². The number of rotatable bonds is 9. The third-order valence-corrected chi connectivity index (χ3v) is 5.26. The number of amides is 1. The van der Waals surface area contributed by atoms with Crippen molar-refractivity contribution in [3.05, 3.63) is 83.2 Å². The van der Waals surface area contributed by atoms with Crippen molar-refractivity contribution in [2.75, 3.05) is 27.7 Å². The fraction of sp³-hybridized carbons (Fsp3) is 0.333. The van der Waals surface area contributed by atoms with Crippen LogP contribution in [0.4, 0.5) is 0 Å². The van der Waals surface area contributed by atoms with E-state index in [4.69, 9.17) is 4.74 Å². The number of benzene rings is 2. The molecular weight excluding hydrogens is 376 g/mol. The number of hydrogen-bond acceptors (Lipinski definition) is 4. The number of nitrogens with one attached hydrogen (secondary N) is 1. The molecule has 0 aliphatic rings. The lowest BCUT2D eigenvalue weighted by atomic mass is 10.1. The summed E-state index contributed by atoms with van der Waals surface area (Å²) in [6.07, 6.45) is 2.41. The van der Waals surface area contributed by atoms with Crippen LogP contribution in [0.3, 0.4) is 0 Å². The minimum absolute atomic E-state index is 0.0356. The highest BCUT2D eigenvalue weighted by atomic mass is 16.5. The Hall–Kier alpha value is -3.12. The van der Waals surface area contributed by atoms with Gasteiger partial charge in [0.05, 0.1) is 37.2 Å². The molecule has 0 saturated heterocycles. The minimum atomic E-state index is -0.0964. The fourth-order valence-corrected chi connectivity index (χ4v) is 3.60. The van der Waals surface area contributed by atoms with E-state index in [0.717, 1.165) is 29.0 Å². The molecule has 0 bridgehead atoms. The lowest BCUT2D eigenvalue weighted by molar-refractivity contribution is 0.0941. The zero-order valence-electron chi connectivity index (χ0n) is 18.1. The fourth-order valence-electron chi connectivity index (χ4n) is 3.60. The van der Waals surface area contributed by atoms with E-state index in [0.29, 0.717) is 18.7 Å². The van der Waals surface area contributed by atoms with Gasteiger partial charge in [0.15, 0.2) is 0 Å². The average Bonchev–Trinajstić information content (AvgIpc) is 3.17. The number of carbonyl (C=O) groups is 1. The molecule has 0 spiro atoms. The van der Waals surface area contributed by atoms with E-state index in [9.17, 15) is 4.79 Å². The summed E-state index contributed by atoms with van der Waals surface area (Å²) in [7, 11) is 5.67. The predicted octanol–water partition coefficient (Wildman–Crippen LogP) is 3.54. The molecular formula is C24H30N4O2. The Bertz CT molecular complexity index is 966. The Kier molecular flexibility index (Phi) is 7.25. The Morgan fingerprint density at radius 3 is 2.60 bits per heavy atom. The highest BCUT2D eigenvalue weighted by Gasteiger charge is 2.20. The van der Waals surface area contributed by atoms with Gasteiger partial charge < -0.3 is 15.0 Å². The van der Waals surface area contributed by atoms with Crippen molar-refractivity contribution in [3.63, 3.8) is 0 Å². The zero-order chi connectivity index (χ0) is 21.5. The molecule has 0 aliphatic heterocycles. The summed E-state index contributed by atoms with van der Waals surface area (Å²) in [6, 6.07) is 18.1. The van der Waals surface area contributed by atoms with E-state index in [-0.39, 0.29) is 11.9 Å². The average molecular weight is 407 g/mol. The molecule has 1 N–H and O–H groups in total. The van der Waals surface area contributed by atoms with Gasteiger partial charge in [0.25, 0.3) is 5.91 Å². The summed E-state index contributed by atoms with van der Waals surface area (Å²) in [5.41, 5.74) is 3.83. The van der Waals surface area contributed by atoms with Gasteiger partial charge in [0.2, 0.25) is 0 Å². The van der Waals surface area contributed by atoms with Gasteiger partial charge >= 0.3 is 0 Å². The SMILES string of the molecule is CCc1c(C(=O)NCC(c2cccc(OC)c2)N(C)C)cnn1Cc1ccccc1. The second-order valence-electron chi connectivity index (χ2n) is 7.47. The molecule has 1 amide bonds. The molecule has 158 valence electrons. The van der Waals surface area contributed by atoms with Crippen LogP contribution in [-0.4, -0.2) is 48.3 Å². The predicted molar refractivity (Wildman–Crippen MR) is 119 cm³/mol. The summed E-state index contributed by atoms with van der Waals surface area (Å²) in [5.74, 6) is 0.710. The number of nitrogens with zero attached hydrogens (tertiary/aromatic N) is 3. The third kappa shape index (κ3) is 5.07. The Balaban J connectivity index is 1.73. The summed E-state index contributed by atoms with van der Waals surface area (Å²) in [6.45, 7) is 3.20. The standard InChI is InChI=1S/C24H30N4O2/c1-5-22-21(15-26-28(22)17-18-10-7-6-8-11-18)24(29)25-16-23(27(2)3)19-12-9-13-20(14-19)30-4/h6-15,23H,5,16-17H2,1-4H3,(H,25,29). The maximum atomic E-state index is 13.0. The van der Waals surface area contributed by atoms with Crippen molar-refractivity contribution >= 4 is 5.91 Å². The first-order valence-electron chi connectivity index (χ1n) is 10.2. The number of carbonyl (C=O) groups excluding carboxylic acids is 1. The molecule has 0 aliphatic carbocycles. The Labute approximate surface area is 178 Å². The number of likely N-dealkylation sites (N-methyl/N-ethyl adjacent to an activating group) is 1. The number of methoxy groups -OCH3 is 1. The number of aromatic nitrogens is 2. The van der Waals surface area contributed by atoms with Gasteiger partial charge in [-0.2, -0.15) is 5.10 Å². The number of ether oxygens (including phenoxy) is 1. The largest absolute Gasteiger partial charge is 0.497 e. The van der Waals surface area contributed by atoms with Crippen LogP contribution in [0.5, 0.6) is 5.75 Å². The van der Waals surface area contributed by atoms with Crippen LogP contribution in [0.2, 0.25) is 0 Å². The smallest absolute Gasteiger partial charge is 0.254 e. The van der Waals surface area contributed by atoms with Gasteiger partial charge in [0, 0.05) is 6.54 Å². The van der Waals surface area contributed by atoms with Crippen molar-refractivity contribution in [2.45, 2.75) is 25.9 Å². The molecule has 2 aromatic carbocycles. The second kappa shape index (κ2) is 10.1. The molecule has 0 fully saturated rings. The van der Waals surface area contributed by atoms with Crippen molar-refractivity contribution in [3.8, 4) is 5.75 Å². The van der Waals surface area contributed by atoms with Gasteiger partial charge in [-0.3, -0.25) is 9.48 Å². The lowest BCUT2D eigenvalue weighted by Gasteiger charge is -2.25. The summed E-state index contributed by atoms with van der Waals surface area (Å²) < 4.78 is 7.26. The van der Waals surface area contributed by atoms with Crippen LogP contribution in [-0.2, 0) is 13.0 Å². The molecule has 6 heteroatoms. The molecule has 1 aromatic heterocycles. The Morgan fingerprint density at radius 2 is 1.93 bits per heavy atom. The van der Waals surface area contributed by atoms with Gasteiger partial charge in [-0.05, 0) is 43.8 Å². The normalized spacial score (nSPS) is 12.0. The molecule has 1 unspecified atom stereocenters.